The Balaban J connectivity index is 1.93. The summed E-state index contributed by atoms with van der Waals surface area (Å²) in [5, 5.41) is 11.1. The summed E-state index contributed by atoms with van der Waals surface area (Å²) in [6.07, 6.45) is -4.63. The number of anilines is 1. The SMILES string of the molecule is CN(CC(=O)Nc1ccccc1C(F)(F)F)C(=O)COc1ccc(C#N)cc1Cl. The number of hydrogen-bond acceptors (Lipinski definition) is 4. The number of nitriles is 1. The molecule has 0 fully saturated rings. The molecule has 0 unspecified atom stereocenters. The second-order valence-corrected chi connectivity index (χ2v) is 6.29. The maximum atomic E-state index is 13.0. The maximum absolute atomic E-state index is 13.0. The van der Waals surface area contributed by atoms with Gasteiger partial charge >= 0.3 is 6.18 Å². The van der Waals surface area contributed by atoms with Crippen LogP contribution < -0.4 is 10.1 Å². The summed E-state index contributed by atoms with van der Waals surface area (Å²) < 4.78 is 44.2. The fourth-order valence-corrected chi connectivity index (χ4v) is 2.50. The predicted molar refractivity (Wildman–Crippen MR) is 99.4 cm³/mol. The van der Waals surface area contributed by atoms with E-state index in [-0.39, 0.29) is 10.8 Å². The zero-order chi connectivity index (χ0) is 21.6. The van der Waals surface area contributed by atoms with Gasteiger partial charge in [0.15, 0.2) is 6.61 Å². The monoisotopic (exact) mass is 425 g/mol. The number of carbonyl (C=O) groups is 2. The highest BCUT2D eigenvalue weighted by molar-refractivity contribution is 6.32. The smallest absolute Gasteiger partial charge is 0.418 e. The minimum atomic E-state index is -4.63. The minimum Gasteiger partial charge on any atom is -0.482 e. The fourth-order valence-electron chi connectivity index (χ4n) is 2.27. The lowest BCUT2D eigenvalue weighted by Gasteiger charge is -2.18. The summed E-state index contributed by atoms with van der Waals surface area (Å²) in [5.74, 6) is -1.21. The Morgan fingerprint density at radius 2 is 1.93 bits per heavy atom. The third-order valence-electron chi connectivity index (χ3n) is 3.73. The molecule has 2 aromatic carbocycles. The van der Waals surface area contributed by atoms with Crippen LogP contribution in [0.2, 0.25) is 5.02 Å². The zero-order valence-corrected chi connectivity index (χ0v) is 15.8. The van der Waals surface area contributed by atoms with Crippen molar-refractivity contribution >= 4 is 29.1 Å². The van der Waals surface area contributed by atoms with Crippen LogP contribution >= 0.6 is 11.6 Å². The van der Waals surface area contributed by atoms with Gasteiger partial charge in [0.25, 0.3) is 5.91 Å². The summed E-state index contributed by atoms with van der Waals surface area (Å²) in [4.78, 5) is 25.2. The molecular weight excluding hydrogens is 411 g/mol. The average Bonchev–Trinajstić information content (AvgIpc) is 2.66. The van der Waals surface area contributed by atoms with Gasteiger partial charge in [-0.05, 0) is 30.3 Å². The van der Waals surface area contributed by atoms with Crippen LogP contribution in [0.3, 0.4) is 0 Å². The lowest BCUT2D eigenvalue weighted by molar-refractivity contribution is -0.137. The van der Waals surface area contributed by atoms with E-state index in [2.05, 4.69) is 5.32 Å². The molecule has 0 saturated heterocycles. The van der Waals surface area contributed by atoms with E-state index in [4.69, 9.17) is 21.6 Å². The molecule has 2 rings (SSSR count). The Kier molecular flexibility index (Phi) is 7.07. The highest BCUT2D eigenvalue weighted by Crippen LogP contribution is 2.34. The van der Waals surface area contributed by atoms with Gasteiger partial charge in [-0.3, -0.25) is 9.59 Å². The first kappa shape index (κ1) is 22.0. The van der Waals surface area contributed by atoms with E-state index in [1.807, 2.05) is 6.07 Å². The molecule has 0 atom stereocenters. The van der Waals surface area contributed by atoms with Crippen molar-refractivity contribution in [1.82, 2.24) is 4.90 Å². The summed E-state index contributed by atoms with van der Waals surface area (Å²) in [5.41, 5.74) is -1.06. The van der Waals surface area contributed by atoms with Gasteiger partial charge < -0.3 is 15.0 Å². The molecule has 0 aromatic heterocycles. The molecule has 152 valence electrons. The molecule has 1 N–H and O–H groups in total. The molecule has 0 bridgehead atoms. The lowest BCUT2D eigenvalue weighted by Crippen LogP contribution is -2.37. The highest BCUT2D eigenvalue weighted by Gasteiger charge is 2.33. The van der Waals surface area contributed by atoms with E-state index < -0.39 is 42.4 Å². The standard InChI is InChI=1S/C19H15ClF3N3O3/c1-26(18(28)11-29-16-7-6-12(9-24)8-14(16)20)10-17(27)25-15-5-3-2-4-13(15)19(21,22)23/h2-8H,10-11H2,1H3,(H,25,27). The minimum absolute atomic E-state index is 0.140. The number of ether oxygens (including phenoxy) is 1. The Labute approximate surface area is 169 Å². The topological polar surface area (TPSA) is 82.4 Å². The summed E-state index contributed by atoms with van der Waals surface area (Å²) >= 11 is 5.94. The molecule has 0 aliphatic rings. The van der Waals surface area contributed by atoms with E-state index in [0.29, 0.717) is 5.56 Å². The predicted octanol–water partition coefficient (Wildman–Crippen LogP) is 3.71. The molecule has 6 nitrogen and oxygen atoms in total. The number of amides is 2. The molecule has 0 aliphatic carbocycles. The fraction of sp³-hybridized carbons (Fsp3) is 0.211. The van der Waals surface area contributed by atoms with E-state index in [0.717, 1.165) is 17.0 Å². The first-order valence-corrected chi connectivity index (χ1v) is 8.52. The summed E-state index contributed by atoms with van der Waals surface area (Å²) in [7, 11) is 1.31. The third-order valence-corrected chi connectivity index (χ3v) is 4.02. The van der Waals surface area contributed by atoms with Gasteiger partial charge in [0.1, 0.15) is 5.75 Å². The van der Waals surface area contributed by atoms with Gasteiger partial charge in [0.2, 0.25) is 5.91 Å². The molecule has 0 saturated carbocycles. The number of carbonyl (C=O) groups excluding carboxylic acids is 2. The van der Waals surface area contributed by atoms with Gasteiger partial charge in [0.05, 0.1) is 34.5 Å². The van der Waals surface area contributed by atoms with Gasteiger partial charge in [-0.2, -0.15) is 18.4 Å². The molecule has 0 spiro atoms. The van der Waals surface area contributed by atoms with Crippen LogP contribution in [0.5, 0.6) is 5.75 Å². The van der Waals surface area contributed by atoms with Gasteiger partial charge in [0, 0.05) is 7.05 Å². The first-order valence-electron chi connectivity index (χ1n) is 8.14. The zero-order valence-electron chi connectivity index (χ0n) is 15.1. The second-order valence-electron chi connectivity index (χ2n) is 5.89. The van der Waals surface area contributed by atoms with Crippen molar-refractivity contribution in [2.24, 2.45) is 0 Å². The van der Waals surface area contributed by atoms with Crippen molar-refractivity contribution < 1.29 is 27.5 Å². The lowest BCUT2D eigenvalue weighted by atomic mass is 10.1. The van der Waals surface area contributed by atoms with E-state index in [9.17, 15) is 22.8 Å². The molecule has 0 radical (unpaired) electrons. The summed E-state index contributed by atoms with van der Waals surface area (Å²) in [6.45, 7) is -0.927. The number of rotatable bonds is 6. The number of nitrogens with one attached hydrogen (secondary N) is 1. The largest absolute Gasteiger partial charge is 0.482 e. The molecule has 2 aromatic rings. The van der Waals surface area contributed by atoms with Crippen LogP contribution in [0.15, 0.2) is 42.5 Å². The van der Waals surface area contributed by atoms with Crippen molar-refractivity contribution in [3.05, 3.63) is 58.6 Å². The average molecular weight is 426 g/mol. The Morgan fingerprint density at radius 1 is 1.24 bits per heavy atom. The van der Waals surface area contributed by atoms with E-state index >= 15 is 0 Å². The number of alkyl halides is 3. The van der Waals surface area contributed by atoms with Gasteiger partial charge in [-0.1, -0.05) is 23.7 Å². The Hall–Kier alpha value is -3.25. The van der Waals surface area contributed by atoms with Crippen molar-refractivity contribution in [2.45, 2.75) is 6.18 Å². The normalized spacial score (nSPS) is 10.8. The van der Waals surface area contributed by atoms with Crippen LogP contribution in [0, 0.1) is 11.3 Å². The quantitative estimate of drug-likeness (QED) is 0.765. The van der Waals surface area contributed by atoms with Crippen LogP contribution in [-0.4, -0.2) is 36.9 Å². The van der Waals surface area contributed by atoms with Crippen molar-refractivity contribution in [1.29, 1.82) is 5.26 Å². The molecule has 0 aliphatic heterocycles. The molecule has 0 heterocycles. The molecule has 10 heteroatoms. The Bertz CT molecular complexity index is 958. The van der Waals surface area contributed by atoms with Crippen LogP contribution in [0.1, 0.15) is 11.1 Å². The van der Waals surface area contributed by atoms with E-state index in [1.165, 1.54) is 37.4 Å². The van der Waals surface area contributed by atoms with Crippen LogP contribution in [0.4, 0.5) is 18.9 Å². The highest BCUT2D eigenvalue weighted by atomic mass is 35.5. The number of benzene rings is 2. The number of hydrogen-bond donors (Lipinski definition) is 1. The molecule has 29 heavy (non-hydrogen) atoms. The second kappa shape index (κ2) is 9.30. The number of nitrogens with zero attached hydrogens (tertiary/aromatic N) is 2. The Morgan fingerprint density at radius 3 is 2.55 bits per heavy atom. The van der Waals surface area contributed by atoms with Crippen LogP contribution in [-0.2, 0) is 15.8 Å². The van der Waals surface area contributed by atoms with Gasteiger partial charge in [-0.15, -0.1) is 0 Å². The van der Waals surface area contributed by atoms with Crippen molar-refractivity contribution in [3.63, 3.8) is 0 Å². The first-order chi connectivity index (χ1) is 13.6. The number of halogens is 4. The number of likely N-dealkylation sites (N-methyl/N-ethyl adjacent to an activating group) is 1. The maximum Gasteiger partial charge on any atom is 0.418 e. The van der Waals surface area contributed by atoms with Crippen LogP contribution in [0.25, 0.3) is 0 Å². The molecular formula is C19H15ClF3N3O3. The molecule has 2 amide bonds. The third kappa shape index (κ3) is 6.12. The van der Waals surface area contributed by atoms with E-state index in [1.54, 1.807) is 0 Å². The van der Waals surface area contributed by atoms with Gasteiger partial charge in [-0.25, -0.2) is 0 Å². The number of para-hydroxylation sites is 1. The van der Waals surface area contributed by atoms with Crippen molar-refractivity contribution in [3.8, 4) is 11.8 Å². The van der Waals surface area contributed by atoms with Crippen molar-refractivity contribution in [2.75, 3.05) is 25.5 Å². The summed E-state index contributed by atoms with van der Waals surface area (Å²) in [6, 6.07) is 10.7.